The second-order valence-corrected chi connectivity index (χ2v) is 5.80. The molecule has 0 spiro atoms. The van der Waals surface area contributed by atoms with Crippen LogP contribution < -0.4 is 5.73 Å². The van der Waals surface area contributed by atoms with Crippen LogP contribution in [0, 0.1) is 11.8 Å². The summed E-state index contributed by atoms with van der Waals surface area (Å²) in [6.07, 6.45) is 2.80. The molecular weight excluding hydrogens is 186 g/mol. The predicted molar refractivity (Wildman–Crippen MR) is 61.7 cm³/mol. The number of nitrogens with zero attached hydrogens (tertiary/aromatic N) is 2. The Hall–Kier alpha value is -0.120. The van der Waals surface area contributed by atoms with Crippen LogP contribution in [0.15, 0.2) is 0 Å². The molecule has 5 unspecified atom stereocenters. The molecule has 3 fully saturated rings. The van der Waals surface area contributed by atoms with Gasteiger partial charge in [-0.15, -0.1) is 0 Å². The van der Waals surface area contributed by atoms with Crippen LogP contribution in [-0.4, -0.2) is 54.6 Å². The molecule has 0 aromatic rings. The molecule has 3 saturated heterocycles. The third kappa shape index (κ3) is 1.71. The first-order valence-electron chi connectivity index (χ1n) is 6.46. The van der Waals surface area contributed by atoms with Crippen molar-refractivity contribution in [2.75, 3.05) is 32.7 Å². The minimum absolute atomic E-state index is 0.421. The maximum atomic E-state index is 6.12. The van der Waals surface area contributed by atoms with Gasteiger partial charge in [-0.1, -0.05) is 6.92 Å². The van der Waals surface area contributed by atoms with E-state index in [0.717, 1.165) is 18.5 Å². The number of fused-ring (bicyclic) bond motifs is 2. The summed E-state index contributed by atoms with van der Waals surface area (Å²) in [6, 6.07) is 1.27. The summed E-state index contributed by atoms with van der Waals surface area (Å²) in [5.41, 5.74) is 6.12. The van der Waals surface area contributed by atoms with Gasteiger partial charge in [0.2, 0.25) is 0 Å². The van der Waals surface area contributed by atoms with Crippen LogP contribution in [0.2, 0.25) is 0 Å². The summed E-state index contributed by atoms with van der Waals surface area (Å²) in [6.45, 7) is 8.70. The molecule has 86 valence electrons. The zero-order valence-electron chi connectivity index (χ0n) is 9.73. The van der Waals surface area contributed by atoms with Crippen LogP contribution in [0.4, 0.5) is 0 Å². The first kappa shape index (κ1) is 10.1. The molecule has 3 nitrogen and oxygen atoms in total. The summed E-state index contributed by atoms with van der Waals surface area (Å²) < 4.78 is 0. The van der Waals surface area contributed by atoms with Crippen LogP contribution >= 0.6 is 0 Å². The predicted octanol–water partition coefficient (Wildman–Crippen LogP) is 0.360. The Morgan fingerprint density at radius 2 is 1.87 bits per heavy atom. The van der Waals surface area contributed by atoms with E-state index in [1.807, 2.05) is 0 Å². The highest BCUT2D eigenvalue weighted by atomic mass is 15.3. The lowest BCUT2D eigenvalue weighted by atomic mass is 9.93. The maximum absolute atomic E-state index is 6.12. The minimum Gasteiger partial charge on any atom is -0.326 e. The van der Waals surface area contributed by atoms with Crippen molar-refractivity contribution in [3.8, 4) is 0 Å². The smallest absolute Gasteiger partial charge is 0.0206 e. The zero-order chi connectivity index (χ0) is 10.4. The lowest BCUT2D eigenvalue weighted by Gasteiger charge is -2.36. The molecule has 15 heavy (non-hydrogen) atoms. The summed E-state index contributed by atoms with van der Waals surface area (Å²) >= 11 is 0. The molecule has 3 heterocycles. The average molecular weight is 209 g/mol. The van der Waals surface area contributed by atoms with Crippen molar-refractivity contribution < 1.29 is 0 Å². The third-order valence-corrected chi connectivity index (χ3v) is 4.76. The molecule has 3 rings (SSSR count). The van der Waals surface area contributed by atoms with Crippen LogP contribution in [0.1, 0.15) is 19.8 Å². The SMILES string of the molecule is CC1CN(C2CCN3CCC2C3)CC1N. The van der Waals surface area contributed by atoms with E-state index >= 15 is 0 Å². The number of nitrogens with two attached hydrogens (primary N) is 1. The molecule has 3 heteroatoms. The monoisotopic (exact) mass is 209 g/mol. The Kier molecular flexibility index (Phi) is 2.49. The van der Waals surface area contributed by atoms with Crippen molar-refractivity contribution in [1.29, 1.82) is 0 Å². The highest BCUT2D eigenvalue weighted by Crippen LogP contribution is 2.33. The largest absolute Gasteiger partial charge is 0.326 e. The molecule has 0 saturated carbocycles. The summed E-state index contributed by atoms with van der Waals surface area (Å²) in [5, 5.41) is 0. The first-order chi connectivity index (χ1) is 7.24. The number of piperidine rings is 1. The summed E-state index contributed by atoms with van der Waals surface area (Å²) in [5.74, 6) is 1.64. The number of likely N-dealkylation sites (tertiary alicyclic amines) is 1. The molecular formula is C12H23N3. The van der Waals surface area contributed by atoms with Crippen LogP contribution in [-0.2, 0) is 0 Å². The lowest BCUT2D eigenvalue weighted by Crippen LogP contribution is -2.46. The Labute approximate surface area is 92.6 Å². The van der Waals surface area contributed by atoms with Crippen LogP contribution in [0.5, 0.6) is 0 Å². The minimum atomic E-state index is 0.421. The van der Waals surface area contributed by atoms with Crippen LogP contribution in [0.25, 0.3) is 0 Å². The molecule has 2 bridgehead atoms. The fourth-order valence-electron chi connectivity index (χ4n) is 3.71. The van der Waals surface area contributed by atoms with Gasteiger partial charge in [-0.25, -0.2) is 0 Å². The Balaban J connectivity index is 1.67. The van der Waals surface area contributed by atoms with Gasteiger partial charge in [0.05, 0.1) is 0 Å². The van der Waals surface area contributed by atoms with E-state index in [1.165, 1.54) is 39.0 Å². The van der Waals surface area contributed by atoms with E-state index < -0.39 is 0 Å². The quantitative estimate of drug-likeness (QED) is 0.677. The molecule has 0 radical (unpaired) electrons. The fourth-order valence-corrected chi connectivity index (χ4v) is 3.71. The van der Waals surface area contributed by atoms with Gasteiger partial charge in [-0.3, -0.25) is 4.90 Å². The second kappa shape index (κ2) is 3.72. The van der Waals surface area contributed by atoms with E-state index in [9.17, 15) is 0 Å². The normalized spacial score (nSPS) is 51.2. The van der Waals surface area contributed by atoms with Crippen molar-refractivity contribution in [1.82, 2.24) is 9.80 Å². The standard InChI is InChI=1S/C12H23N3/c1-9-6-15(8-11(9)13)12-3-5-14-4-2-10(12)7-14/h9-12H,2-8,13H2,1H3. The topological polar surface area (TPSA) is 32.5 Å². The molecule has 0 aliphatic carbocycles. The molecule has 0 amide bonds. The van der Waals surface area contributed by atoms with E-state index in [1.54, 1.807) is 0 Å². The number of hydrogen-bond acceptors (Lipinski definition) is 3. The molecule has 2 N–H and O–H groups in total. The van der Waals surface area contributed by atoms with Crippen molar-refractivity contribution >= 4 is 0 Å². The van der Waals surface area contributed by atoms with Gasteiger partial charge in [0.1, 0.15) is 0 Å². The van der Waals surface area contributed by atoms with E-state index in [4.69, 9.17) is 5.73 Å². The van der Waals surface area contributed by atoms with E-state index in [2.05, 4.69) is 16.7 Å². The third-order valence-electron chi connectivity index (χ3n) is 4.76. The number of rotatable bonds is 1. The van der Waals surface area contributed by atoms with Crippen molar-refractivity contribution in [2.24, 2.45) is 17.6 Å². The van der Waals surface area contributed by atoms with Gasteiger partial charge in [-0.2, -0.15) is 0 Å². The van der Waals surface area contributed by atoms with Crippen molar-refractivity contribution in [3.05, 3.63) is 0 Å². The maximum Gasteiger partial charge on any atom is 0.0206 e. The van der Waals surface area contributed by atoms with E-state index in [-0.39, 0.29) is 0 Å². The van der Waals surface area contributed by atoms with Gasteiger partial charge in [0.25, 0.3) is 0 Å². The highest BCUT2D eigenvalue weighted by Gasteiger charge is 2.40. The van der Waals surface area contributed by atoms with Gasteiger partial charge in [0, 0.05) is 31.7 Å². The van der Waals surface area contributed by atoms with Gasteiger partial charge >= 0.3 is 0 Å². The number of hydrogen-bond donors (Lipinski definition) is 1. The average Bonchev–Trinajstić information content (AvgIpc) is 2.74. The van der Waals surface area contributed by atoms with Crippen molar-refractivity contribution in [2.45, 2.75) is 31.8 Å². The Bertz CT molecular complexity index is 233. The molecule has 5 atom stereocenters. The van der Waals surface area contributed by atoms with Crippen LogP contribution in [0.3, 0.4) is 0 Å². The lowest BCUT2D eigenvalue weighted by molar-refractivity contribution is 0.118. The molecule has 0 aromatic carbocycles. The first-order valence-corrected chi connectivity index (χ1v) is 6.46. The second-order valence-electron chi connectivity index (χ2n) is 5.80. The molecule has 3 aliphatic rings. The van der Waals surface area contributed by atoms with Gasteiger partial charge < -0.3 is 10.6 Å². The Morgan fingerprint density at radius 1 is 1.07 bits per heavy atom. The van der Waals surface area contributed by atoms with Crippen molar-refractivity contribution in [3.63, 3.8) is 0 Å². The summed E-state index contributed by atoms with van der Waals surface area (Å²) in [4.78, 5) is 5.31. The zero-order valence-corrected chi connectivity index (χ0v) is 9.73. The van der Waals surface area contributed by atoms with Gasteiger partial charge in [0.15, 0.2) is 0 Å². The molecule has 0 aromatic heterocycles. The summed E-state index contributed by atoms with van der Waals surface area (Å²) in [7, 11) is 0. The fraction of sp³-hybridized carbons (Fsp3) is 1.00. The highest BCUT2D eigenvalue weighted by molar-refractivity contribution is 4.96. The molecule has 3 aliphatic heterocycles. The van der Waals surface area contributed by atoms with E-state index in [0.29, 0.717) is 12.0 Å². The Morgan fingerprint density at radius 3 is 2.60 bits per heavy atom. The van der Waals surface area contributed by atoms with Gasteiger partial charge in [-0.05, 0) is 37.8 Å².